The van der Waals surface area contributed by atoms with Gasteiger partial charge in [0, 0.05) is 18.0 Å². The van der Waals surface area contributed by atoms with Crippen molar-refractivity contribution in [2.24, 2.45) is 23.1 Å². The van der Waals surface area contributed by atoms with Crippen molar-refractivity contribution >= 4 is 41.1 Å². The van der Waals surface area contributed by atoms with E-state index in [1.165, 1.54) is 11.0 Å². The monoisotopic (exact) mass is 570 g/mol. The number of nitrogens with one attached hydrogen (secondary N) is 3. The Hall–Kier alpha value is -3.93. The third kappa shape index (κ3) is 9.31. The van der Waals surface area contributed by atoms with Crippen molar-refractivity contribution in [3.63, 3.8) is 0 Å². The van der Waals surface area contributed by atoms with Gasteiger partial charge in [0.05, 0.1) is 24.7 Å². The van der Waals surface area contributed by atoms with Gasteiger partial charge in [-0.2, -0.15) is 0 Å². The summed E-state index contributed by atoms with van der Waals surface area (Å²) in [6.07, 6.45) is 9.25. The number of hydrogen-bond acceptors (Lipinski definition) is 6. The summed E-state index contributed by atoms with van der Waals surface area (Å²) >= 11 is 0. The lowest BCUT2D eigenvalue weighted by Crippen LogP contribution is -2.78. The van der Waals surface area contributed by atoms with Crippen molar-refractivity contribution < 1.29 is 28.9 Å². The van der Waals surface area contributed by atoms with Crippen molar-refractivity contribution in [2.75, 3.05) is 13.2 Å². The summed E-state index contributed by atoms with van der Waals surface area (Å²) in [5, 5.41) is 6.37. The molecule has 3 atom stereocenters. The van der Waals surface area contributed by atoms with E-state index >= 15 is 0 Å². The number of carbonyl (C=O) groups is 4. The van der Waals surface area contributed by atoms with E-state index in [0.717, 1.165) is 31.1 Å². The second-order valence-corrected chi connectivity index (χ2v) is 10.6. The van der Waals surface area contributed by atoms with Crippen molar-refractivity contribution in [3.05, 3.63) is 36.0 Å². The molecular formula is C29H44N7O5+. The zero-order chi connectivity index (χ0) is 29.8. The fourth-order valence-electron chi connectivity index (χ4n) is 5.43. The number of guanidine groups is 1. The van der Waals surface area contributed by atoms with E-state index < -0.39 is 35.9 Å². The van der Waals surface area contributed by atoms with Gasteiger partial charge in [-0.15, -0.1) is 0 Å². The molecule has 12 heteroatoms. The molecule has 1 fully saturated rings. The molecule has 0 bridgehead atoms. The summed E-state index contributed by atoms with van der Waals surface area (Å²) in [4.78, 5) is 54.1. The lowest BCUT2D eigenvalue weighted by molar-refractivity contribution is -0.459. The Kier molecular flexibility index (Phi) is 12.1. The fourth-order valence-corrected chi connectivity index (χ4v) is 5.43. The number of nitrogens with two attached hydrogens (primary N) is 3. The number of rotatable bonds is 15. The Morgan fingerprint density at radius 2 is 1.80 bits per heavy atom. The van der Waals surface area contributed by atoms with E-state index in [9.17, 15) is 19.2 Å². The molecule has 0 saturated heterocycles. The van der Waals surface area contributed by atoms with Gasteiger partial charge in [-0.1, -0.05) is 50.3 Å². The van der Waals surface area contributed by atoms with E-state index in [1.54, 1.807) is 19.2 Å². The Morgan fingerprint density at radius 3 is 2.49 bits per heavy atom. The number of hydrogen-bond donors (Lipinski definition) is 6. The zero-order valence-corrected chi connectivity index (χ0v) is 23.8. The predicted molar refractivity (Wildman–Crippen MR) is 156 cm³/mol. The average Bonchev–Trinajstić information content (AvgIpc) is 3.32. The normalized spacial score (nSPS) is 15.9. The second kappa shape index (κ2) is 15.8. The number of aromatic nitrogens is 1. The molecule has 2 aromatic rings. The largest absolute Gasteiger partial charge is 0.464 e. The highest BCUT2D eigenvalue weighted by Gasteiger charge is 2.30. The quantitative estimate of drug-likeness (QED) is 0.0525. The van der Waals surface area contributed by atoms with Gasteiger partial charge >= 0.3 is 11.9 Å². The van der Waals surface area contributed by atoms with Crippen molar-refractivity contribution in [1.29, 1.82) is 0 Å². The van der Waals surface area contributed by atoms with Crippen LogP contribution in [0.5, 0.6) is 0 Å². The molecule has 1 saturated carbocycles. The van der Waals surface area contributed by atoms with E-state index in [4.69, 9.17) is 21.9 Å². The van der Waals surface area contributed by atoms with Crippen LogP contribution < -0.4 is 32.8 Å². The van der Waals surface area contributed by atoms with Crippen molar-refractivity contribution in [1.82, 2.24) is 15.2 Å². The summed E-state index contributed by atoms with van der Waals surface area (Å²) in [7, 11) is 0. The van der Waals surface area contributed by atoms with Gasteiger partial charge in [-0.25, -0.2) is 4.79 Å². The number of fused-ring (bicyclic) bond motifs is 1. The molecule has 1 aliphatic rings. The first-order chi connectivity index (χ1) is 19.7. The molecule has 0 aliphatic heterocycles. The molecule has 1 aliphatic carbocycles. The number of carbonyl (C=O) groups excluding carboxylic acids is 4. The topological polar surface area (TPSA) is 199 Å². The van der Waals surface area contributed by atoms with Crippen LogP contribution in [-0.2, 0) is 30.3 Å². The number of ether oxygens (including phenoxy) is 1. The van der Waals surface area contributed by atoms with Crippen LogP contribution in [0.15, 0.2) is 30.5 Å². The summed E-state index contributed by atoms with van der Waals surface area (Å²) in [5.41, 5.74) is 18.6. The molecule has 12 nitrogen and oxygen atoms in total. The Balaban J connectivity index is 1.82. The first kappa shape index (κ1) is 31.6. The smallest absolute Gasteiger partial charge is 0.338 e. The third-order valence-corrected chi connectivity index (χ3v) is 7.53. The lowest BCUT2D eigenvalue weighted by Gasteiger charge is -2.26. The van der Waals surface area contributed by atoms with Crippen LogP contribution in [0.4, 0.5) is 0 Å². The molecule has 0 radical (unpaired) electrons. The first-order valence-corrected chi connectivity index (χ1v) is 14.4. The number of nitrogens with zero attached hydrogens (tertiary/aromatic N) is 1. The summed E-state index contributed by atoms with van der Waals surface area (Å²) in [6, 6.07) is 4.54. The number of amides is 2. The fraction of sp³-hybridized carbons (Fsp3) is 0.552. The van der Waals surface area contributed by atoms with Gasteiger partial charge in [0.2, 0.25) is 18.2 Å². The molecule has 41 heavy (non-hydrogen) atoms. The summed E-state index contributed by atoms with van der Waals surface area (Å²) in [6.45, 7) is 2.23. The Morgan fingerprint density at radius 1 is 1.10 bits per heavy atom. The van der Waals surface area contributed by atoms with Crippen LogP contribution in [0.3, 0.4) is 0 Å². The summed E-state index contributed by atoms with van der Waals surface area (Å²) < 4.78 is 6.62. The zero-order valence-electron chi connectivity index (χ0n) is 23.8. The van der Waals surface area contributed by atoms with Gasteiger partial charge in [-0.05, 0) is 43.7 Å². The Labute approximate surface area is 240 Å². The number of benzene rings is 1. The molecule has 224 valence electrons. The highest BCUT2D eigenvalue weighted by atomic mass is 16.5. The van der Waals surface area contributed by atoms with Crippen LogP contribution in [0.25, 0.3) is 10.9 Å². The molecule has 0 spiro atoms. The SMILES string of the molecule is CCOC(=O)[C@H](CCC[NH+]=C(N)N)NC(=O)[C@H](Cc1cn(C=O)c2ccccc12)NC(=O)[C@H](N)CC1CCCCC1. The van der Waals surface area contributed by atoms with Crippen LogP contribution >= 0.6 is 0 Å². The van der Waals surface area contributed by atoms with Gasteiger partial charge < -0.3 is 21.1 Å². The van der Waals surface area contributed by atoms with Crippen LogP contribution in [0.1, 0.15) is 63.9 Å². The van der Waals surface area contributed by atoms with Crippen molar-refractivity contribution in [2.45, 2.75) is 82.8 Å². The molecule has 1 aromatic carbocycles. The predicted octanol–water partition coefficient (Wildman–Crippen LogP) is -0.813. The van der Waals surface area contributed by atoms with Crippen molar-refractivity contribution in [3.8, 4) is 0 Å². The molecule has 1 aromatic heterocycles. The minimum Gasteiger partial charge on any atom is -0.464 e. The van der Waals surface area contributed by atoms with Gasteiger partial charge in [-0.3, -0.25) is 35.4 Å². The van der Waals surface area contributed by atoms with Gasteiger partial charge in [0.25, 0.3) is 0 Å². The third-order valence-electron chi connectivity index (χ3n) is 7.53. The second-order valence-electron chi connectivity index (χ2n) is 10.6. The highest BCUT2D eigenvalue weighted by Crippen LogP contribution is 2.27. The number of para-hydroxylation sites is 1. The lowest BCUT2D eigenvalue weighted by atomic mass is 9.85. The van der Waals surface area contributed by atoms with E-state index in [-0.39, 0.29) is 25.4 Å². The summed E-state index contributed by atoms with van der Waals surface area (Å²) in [5.74, 6) is -1.13. The molecule has 2 amide bonds. The van der Waals surface area contributed by atoms with Crippen LogP contribution in [0.2, 0.25) is 0 Å². The van der Waals surface area contributed by atoms with E-state index in [0.29, 0.717) is 42.8 Å². The maximum Gasteiger partial charge on any atom is 0.338 e. The van der Waals surface area contributed by atoms with E-state index in [1.807, 2.05) is 18.2 Å². The maximum absolute atomic E-state index is 13.7. The minimum atomic E-state index is -1.05. The molecule has 0 unspecified atom stereocenters. The number of esters is 1. The van der Waals surface area contributed by atoms with Gasteiger partial charge in [0.15, 0.2) is 0 Å². The highest BCUT2D eigenvalue weighted by molar-refractivity contribution is 5.94. The Bertz CT molecular complexity index is 1220. The molecule has 3 rings (SSSR count). The molecule has 1 heterocycles. The first-order valence-electron chi connectivity index (χ1n) is 14.4. The van der Waals surface area contributed by atoms with Crippen LogP contribution in [0, 0.1) is 5.92 Å². The van der Waals surface area contributed by atoms with Crippen LogP contribution in [-0.4, -0.2) is 66.0 Å². The average molecular weight is 571 g/mol. The standard InChI is InChI=1S/C29H43N7O5/c1-2-41-28(40)23(12-8-14-33-29(31)32)34-27(39)24(35-26(38)22(30)15-19-9-4-3-5-10-19)16-20-17-36(18-37)25-13-7-6-11-21(20)25/h6-7,11,13,17-19,22-24H,2-5,8-10,12,14-16,30H2,1H3,(H,34,39)(H,35,38)(H4,31,32,33)/p+1/t22-,23+,24+/m1/s1. The molecule has 9 N–H and O–H groups in total. The maximum atomic E-state index is 13.7. The minimum absolute atomic E-state index is 0.0588. The van der Waals surface area contributed by atoms with Gasteiger partial charge in [0.1, 0.15) is 12.1 Å². The van der Waals surface area contributed by atoms with E-state index in [2.05, 4.69) is 15.6 Å². The molecular weight excluding hydrogens is 526 g/mol.